The van der Waals surface area contributed by atoms with Crippen molar-refractivity contribution >= 4 is 43.5 Å². The number of phenolic OH excluding ortho intramolecular Hbond substituents is 4. The Kier molecular flexibility index (Phi) is 4.38. The van der Waals surface area contributed by atoms with Crippen molar-refractivity contribution in [2.45, 2.75) is 0 Å². The zero-order chi connectivity index (χ0) is 25.3. The first kappa shape index (κ1) is 21.1. The molecule has 0 amide bonds. The van der Waals surface area contributed by atoms with Crippen LogP contribution in [0.5, 0.6) is 23.0 Å². The Hall–Kier alpha value is -5.16. The highest BCUT2D eigenvalue weighted by Crippen LogP contribution is 2.56. The number of para-hydroxylation sites is 1. The fourth-order valence-corrected chi connectivity index (χ4v) is 5.46. The zero-order valence-corrected chi connectivity index (χ0v) is 19.4. The second-order valence-corrected chi connectivity index (χ2v) is 9.12. The Labute approximate surface area is 210 Å². The van der Waals surface area contributed by atoms with Crippen LogP contribution in [-0.4, -0.2) is 20.4 Å². The molecule has 0 unspecified atom stereocenters. The van der Waals surface area contributed by atoms with Crippen molar-refractivity contribution in [1.29, 1.82) is 0 Å². The van der Waals surface area contributed by atoms with Crippen LogP contribution in [0.15, 0.2) is 101 Å². The summed E-state index contributed by atoms with van der Waals surface area (Å²) in [6.07, 6.45) is 0. The highest BCUT2D eigenvalue weighted by molar-refractivity contribution is 6.26. The maximum Gasteiger partial charge on any atom is 0.204 e. The molecule has 0 saturated heterocycles. The summed E-state index contributed by atoms with van der Waals surface area (Å²) in [5, 5.41) is 47.6. The molecular weight excluding hydrogens is 464 g/mol. The molecule has 0 radical (unpaired) electrons. The second kappa shape index (κ2) is 7.67. The first-order chi connectivity index (χ1) is 18.0. The average Bonchev–Trinajstić information content (AvgIpc) is 3.32. The maximum absolute atomic E-state index is 11.2. The van der Waals surface area contributed by atoms with Gasteiger partial charge in [-0.3, -0.25) is 0 Å². The van der Waals surface area contributed by atoms with E-state index in [2.05, 4.69) is 0 Å². The fourth-order valence-electron chi connectivity index (χ4n) is 5.46. The lowest BCUT2D eigenvalue weighted by Crippen LogP contribution is -1.92. The van der Waals surface area contributed by atoms with Crippen molar-refractivity contribution in [2.24, 2.45) is 0 Å². The molecule has 178 valence electrons. The minimum Gasteiger partial charge on any atom is -0.504 e. The number of fused-ring (bicyclic) bond motifs is 5. The van der Waals surface area contributed by atoms with E-state index in [1.165, 1.54) is 0 Å². The van der Waals surface area contributed by atoms with Crippen LogP contribution in [0.4, 0.5) is 0 Å². The Bertz CT molecular complexity index is 2020. The third kappa shape index (κ3) is 2.91. The number of aromatic hydroxyl groups is 4. The average molecular weight is 485 g/mol. The quantitative estimate of drug-likeness (QED) is 0.113. The molecule has 7 aromatic rings. The van der Waals surface area contributed by atoms with Gasteiger partial charge in [0, 0.05) is 32.7 Å². The van der Waals surface area contributed by atoms with Gasteiger partial charge in [-0.25, -0.2) is 0 Å². The van der Waals surface area contributed by atoms with Crippen molar-refractivity contribution in [3.05, 3.63) is 97.1 Å². The van der Waals surface area contributed by atoms with Crippen LogP contribution in [0.3, 0.4) is 0 Å². The predicted molar refractivity (Wildman–Crippen MR) is 146 cm³/mol. The standard InChI is InChI=1S/C32H20O5/c33-29-27-25(17-8-2-1-3-9-17)20-11-4-5-12-21(20)26(28(27)30(34)32(36)31(29)35)18-14-15-24-22(16-18)19-10-6-7-13-23(19)37-24/h1-16,33-36H. The predicted octanol–water partition coefficient (Wildman–Crippen LogP) is 8.05. The molecule has 7 rings (SSSR count). The van der Waals surface area contributed by atoms with Crippen LogP contribution >= 0.6 is 0 Å². The van der Waals surface area contributed by atoms with Gasteiger partial charge in [0.05, 0.1) is 0 Å². The summed E-state index contributed by atoms with van der Waals surface area (Å²) in [5.74, 6) is -2.53. The van der Waals surface area contributed by atoms with Gasteiger partial charge in [0.15, 0.2) is 11.5 Å². The molecule has 0 aliphatic carbocycles. The Morgan fingerprint density at radius 1 is 0.405 bits per heavy atom. The normalized spacial score (nSPS) is 11.7. The molecule has 0 spiro atoms. The van der Waals surface area contributed by atoms with Crippen LogP contribution < -0.4 is 0 Å². The van der Waals surface area contributed by atoms with Gasteiger partial charge in [-0.15, -0.1) is 0 Å². The summed E-state index contributed by atoms with van der Waals surface area (Å²) in [4.78, 5) is 0. The van der Waals surface area contributed by atoms with Gasteiger partial charge < -0.3 is 24.8 Å². The van der Waals surface area contributed by atoms with Gasteiger partial charge >= 0.3 is 0 Å². The summed E-state index contributed by atoms with van der Waals surface area (Å²) in [7, 11) is 0. The van der Waals surface area contributed by atoms with Crippen LogP contribution in [-0.2, 0) is 0 Å². The first-order valence-corrected chi connectivity index (χ1v) is 11.9. The van der Waals surface area contributed by atoms with Crippen molar-refractivity contribution in [1.82, 2.24) is 0 Å². The molecule has 1 aromatic heterocycles. The fraction of sp³-hybridized carbons (Fsp3) is 0. The van der Waals surface area contributed by atoms with Gasteiger partial charge in [-0.1, -0.05) is 78.9 Å². The summed E-state index contributed by atoms with van der Waals surface area (Å²) < 4.78 is 6.01. The lowest BCUT2D eigenvalue weighted by Gasteiger charge is -2.20. The minimum absolute atomic E-state index is 0.248. The van der Waals surface area contributed by atoms with Crippen molar-refractivity contribution < 1.29 is 24.8 Å². The van der Waals surface area contributed by atoms with Crippen LogP contribution in [0.1, 0.15) is 0 Å². The van der Waals surface area contributed by atoms with Gasteiger partial charge in [-0.2, -0.15) is 0 Å². The van der Waals surface area contributed by atoms with E-state index < -0.39 is 23.0 Å². The molecule has 0 aliphatic heterocycles. The number of hydrogen-bond acceptors (Lipinski definition) is 5. The van der Waals surface area contributed by atoms with Crippen LogP contribution in [0.2, 0.25) is 0 Å². The Balaban J connectivity index is 1.72. The zero-order valence-electron chi connectivity index (χ0n) is 19.4. The van der Waals surface area contributed by atoms with Crippen molar-refractivity contribution in [2.75, 3.05) is 0 Å². The lowest BCUT2D eigenvalue weighted by molar-refractivity contribution is 0.351. The third-order valence-corrected chi connectivity index (χ3v) is 7.09. The molecule has 0 saturated carbocycles. The number of rotatable bonds is 2. The van der Waals surface area contributed by atoms with Gasteiger partial charge in [-0.05, 0) is 40.1 Å². The minimum atomic E-state index is -0.768. The summed E-state index contributed by atoms with van der Waals surface area (Å²) >= 11 is 0. The molecular formula is C32H20O5. The second-order valence-electron chi connectivity index (χ2n) is 9.12. The highest BCUT2D eigenvalue weighted by atomic mass is 16.3. The van der Waals surface area contributed by atoms with Crippen molar-refractivity contribution in [3.63, 3.8) is 0 Å². The number of phenols is 4. The molecule has 4 N–H and O–H groups in total. The molecule has 6 aromatic carbocycles. The largest absolute Gasteiger partial charge is 0.504 e. The highest BCUT2D eigenvalue weighted by Gasteiger charge is 2.27. The van der Waals surface area contributed by atoms with Crippen LogP contribution in [0.25, 0.3) is 65.7 Å². The monoisotopic (exact) mass is 484 g/mol. The Morgan fingerprint density at radius 3 is 1.57 bits per heavy atom. The molecule has 37 heavy (non-hydrogen) atoms. The topological polar surface area (TPSA) is 94.1 Å². The summed E-state index contributed by atoms with van der Waals surface area (Å²) in [6.45, 7) is 0. The van der Waals surface area contributed by atoms with E-state index in [-0.39, 0.29) is 10.8 Å². The molecule has 0 atom stereocenters. The number of furan rings is 1. The van der Waals surface area contributed by atoms with Crippen molar-refractivity contribution in [3.8, 4) is 45.3 Å². The number of benzene rings is 6. The van der Waals surface area contributed by atoms with Crippen LogP contribution in [0, 0.1) is 0 Å². The van der Waals surface area contributed by atoms with Gasteiger partial charge in [0.1, 0.15) is 11.2 Å². The molecule has 0 fully saturated rings. The SMILES string of the molecule is Oc1c(O)c(O)c2c(-c3ccc4oc5ccccc5c4c3)c3ccccc3c(-c3ccccc3)c2c1O. The van der Waals surface area contributed by atoms with E-state index in [9.17, 15) is 20.4 Å². The van der Waals surface area contributed by atoms with E-state index in [1.807, 2.05) is 97.1 Å². The van der Waals surface area contributed by atoms with E-state index in [4.69, 9.17) is 4.42 Å². The van der Waals surface area contributed by atoms with E-state index in [0.29, 0.717) is 11.1 Å². The molecule has 0 aliphatic rings. The molecule has 0 bridgehead atoms. The van der Waals surface area contributed by atoms with Gasteiger partial charge in [0.25, 0.3) is 0 Å². The third-order valence-electron chi connectivity index (χ3n) is 7.09. The Morgan fingerprint density at radius 2 is 0.919 bits per heavy atom. The first-order valence-electron chi connectivity index (χ1n) is 11.9. The van der Waals surface area contributed by atoms with E-state index in [0.717, 1.165) is 43.8 Å². The molecule has 5 heteroatoms. The lowest BCUT2D eigenvalue weighted by atomic mass is 9.84. The summed E-state index contributed by atoms with van der Waals surface area (Å²) in [5.41, 5.74) is 4.33. The van der Waals surface area contributed by atoms with E-state index >= 15 is 0 Å². The van der Waals surface area contributed by atoms with Gasteiger partial charge in [0.2, 0.25) is 11.5 Å². The smallest absolute Gasteiger partial charge is 0.204 e. The van der Waals surface area contributed by atoms with E-state index in [1.54, 1.807) is 0 Å². The maximum atomic E-state index is 11.2. The summed E-state index contributed by atoms with van der Waals surface area (Å²) in [6, 6.07) is 30.8. The molecule has 5 nitrogen and oxygen atoms in total. The number of hydrogen-bond donors (Lipinski definition) is 4. The molecule has 1 heterocycles.